The summed E-state index contributed by atoms with van der Waals surface area (Å²) in [5.74, 6) is -0.677. The first-order chi connectivity index (χ1) is 22.9. The van der Waals surface area contributed by atoms with Crippen molar-refractivity contribution in [1.29, 1.82) is 0 Å². The van der Waals surface area contributed by atoms with E-state index in [1.165, 1.54) is 12.1 Å². The van der Waals surface area contributed by atoms with Gasteiger partial charge in [0.2, 0.25) is 0 Å². The highest BCUT2D eigenvalue weighted by Gasteiger charge is 2.23. The number of halogens is 1. The van der Waals surface area contributed by atoms with Crippen LogP contribution in [0.25, 0.3) is 32.7 Å². The molecule has 0 radical (unpaired) electrons. The van der Waals surface area contributed by atoms with Crippen molar-refractivity contribution in [1.82, 2.24) is 15.0 Å². The van der Waals surface area contributed by atoms with Gasteiger partial charge in [-0.25, -0.2) is 4.39 Å². The molecule has 3 aromatic carbocycles. The summed E-state index contributed by atoms with van der Waals surface area (Å²) in [5, 5.41) is 2.50. The SMILES string of the molecule is Cc1[nH]c2cc(F)cc3c2c1COCC3=O.Cc1[nH]c2cccc3c2c1COCC3=O.[2H]C1([2H])OCC(=O)c2cccc3[nH]c(C)c1c23. The van der Waals surface area contributed by atoms with Crippen LogP contribution >= 0.6 is 0 Å². The molecule has 3 aliphatic rings. The Hall–Kier alpha value is -4.90. The molecule has 234 valence electrons. The zero-order chi connectivity index (χ0) is 33.9. The van der Waals surface area contributed by atoms with Gasteiger partial charge in [-0.05, 0) is 45.0 Å². The molecule has 46 heavy (non-hydrogen) atoms. The average Bonchev–Trinajstić information content (AvgIpc) is 3.55. The number of aromatic amines is 3. The van der Waals surface area contributed by atoms with Gasteiger partial charge < -0.3 is 29.2 Å². The number of hydrogen-bond donors (Lipinski definition) is 3. The molecule has 0 bridgehead atoms. The third kappa shape index (κ3) is 5.14. The van der Waals surface area contributed by atoms with Gasteiger partial charge in [0.15, 0.2) is 17.3 Å². The number of hydrogen-bond acceptors (Lipinski definition) is 6. The molecule has 3 aliphatic heterocycles. The van der Waals surface area contributed by atoms with Crippen LogP contribution in [-0.4, -0.2) is 52.1 Å². The average molecular weight is 624 g/mol. The van der Waals surface area contributed by atoms with Crippen molar-refractivity contribution in [3.05, 3.63) is 105 Å². The summed E-state index contributed by atoms with van der Waals surface area (Å²) < 4.78 is 44.8. The molecule has 9 nitrogen and oxygen atoms in total. The lowest BCUT2D eigenvalue weighted by Gasteiger charge is -1.99. The topological polar surface area (TPSA) is 126 Å². The number of Topliss-reactive ketones (excluding diaryl/α,β-unsaturated/α-hetero) is 3. The fourth-order valence-electron chi connectivity index (χ4n) is 6.39. The predicted molar refractivity (Wildman–Crippen MR) is 171 cm³/mol. The van der Waals surface area contributed by atoms with Crippen molar-refractivity contribution >= 4 is 50.1 Å². The number of aryl methyl sites for hydroxylation is 3. The molecule has 0 fully saturated rings. The molecule has 0 atom stereocenters. The van der Waals surface area contributed by atoms with E-state index in [9.17, 15) is 18.8 Å². The van der Waals surface area contributed by atoms with Crippen LogP contribution in [0, 0.1) is 26.6 Å². The molecule has 6 aromatic rings. The number of aromatic nitrogens is 3. The molecule has 10 heteroatoms. The fraction of sp³-hybridized carbons (Fsp3) is 0.250. The fourth-order valence-corrected chi connectivity index (χ4v) is 6.39. The van der Waals surface area contributed by atoms with Crippen LogP contribution in [0.3, 0.4) is 0 Å². The molecule has 0 spiro atoms. The quantitative estimate of drug-likeness (QED) is 0.173. The van der Waals surface area contributed by atoms with Crippen LogP contribution in [0.4, 0.5) is 4.39 Å². The van der Waals surface area contributed by atoms with E-state index in [4.69, 9.17) is 17.0 Å². The van der Waals surface area contributed by atoms with Gasteiger partial charge in [-0.3, -0.25) is 14.4 Å². The first kappa shape index (κ1) is 27.4. The first-order valence-electron chi connectivity index (χ1n) is 15.9. The van der Waals surface area contributed by atoms with Gasteiger partial charge >= 0.3 is 0 Å². The molecular weight excluding hydrogens is 589 g/mol. The van der Waals surface area contributed by atoms with Crippen LogP contribution in [-0.2, 0) is 34.0 Å². The number of ether oxygens (including phenoxy) is 3. The number of benzene rings is 3. The van der Waals surface area contributed by atoms with Crippen molar-refractivity contribution in [2.24, 2.45) is 0 Å². The third-order valence-electron chi connectivity index (χ3n) is 8.57. The van der Waals surface area contributed by atoms with E-state index in [0.717, 1.165) is 49.9 Å². The van der Waals surface area contributed by atoms with E-state index >= 15 is 0 Å². The molecule has 3 N–H and O–H groups in total. The molecule has 9 rings (SSSR count). The van der Waals surface area contributed by atoms with Crippen LogP contribution in [0.15, 0.2) is 48.5 Å². The Bertz CT molecular complexity index is 2300. The van der Waals surface area contributed by atoms with Crippen molar-refractivity contribution < 1.29 is 35.7 Å². The van der Waals surface area contributed by atoms with Gasteiger partial charge in [0.25, 0.3) is 0 Å². The largest absolute Gasteiger partial charge is 0.369 e. The lowest BCUT2D eigenvalue weighted by Crippen LogP contribution is -2.06. The lowest BCUT2D eigenvalue weighted by molar-refractivity contribution is 0.0736. The minimum absolute atomic E-state index is 0.0205. The van der Waals surface area contributed by atoms with E-state index < -0.39 is 12.4 Å². The maximum absolute atomic E-state index is 13.3. The lowest BCUT2D eigenvalue weighted by atomic mass is 10.0. The highest BCUT2D eigenvalue weighted by Crippen LogP contribution is 2.31. The van der Waals surface area contributed by atoms with Crippen molar-refractivity contribution in [3.8, 4) is 0 Å². The smallest absolute Gasteiger partial charge is 0.189 e. The summed E-state index contributed by atoms with van der Waals surface area (Å²) in [4.78, 5) is 44.8. The Balaban J connectivity index is 0.000000114. The molecule has 3 aromatic heterocycles. The molecule has 6 heterocycles. The summed E-state index contributed by atoms with van der Waals surface area (Å²) >= 11 is 0. The summed E-state index contributed by atoms with van der Waals surface area (Å²) in [7, 11) is 0. The minimum Gasteiger partial charge on any atom is -0.369 e. The van der Waals surface area contributed by atoms with Crippen molar-refractivity contribution in [3.63, 3.8) is 0 Å². The maximum atomic E-state index is 13.3. The van der Waals surface area contributed by atoms with Crippen LogP contribution in [0.2, 0.25) is 0 Å². The Morgan fingerprint density at radius 2 is 1.04 bits per heavy atom. The molecule has 0 aliphatic carbocycles. The van der Waals surface area contributed by atoms with Crippen LogP contribution in [0.1, 0.15) is 67.6 Å². The summed E-state index contributed by atoms with van der Waals surface area (Å²) in [6, 6.07) is 13.8. The molecule has 0 saturated heterocycles. The molecule has 0 saturated carbocycles. The number of ketones is 3. The Morgan fingerprint density at radius 3 is 1.63 bits per heavy atom. The summed E-state index contributed by atoms with van der Waals surface area (Å²) in [5.41, 5.74) is 9.43. The zero-order valence-corrected chi connectivity index (χ0v) is 25.5. The second-order valence-corrected chi connectivity index (χ2v) is 11.6. The number of rotatable bonds is 0. The summed E-state index contributed by atoms with van der Waals surface area (Å²) in [6.45, 7) is 4.68. The van der Waals surface area contributed by atoms with E-state index in [2.05, 4.69) is 15.0 Å². The normalized spacial score (nSPS) is 17.3. The number of nitrogens with one attached hydrogen (secondary N) is 3. The molecule has 0 unspecified atom stereocenters. The van der Waals surface area contributed by atoms with Crippen molar-refractivity contribution in [2.75, 3.05) is 19.8 Å². The van der Waals surface area contributed by atoms with E-state index in [0.29, 0.717) is 46.5 Å². The monoisotopic (exact) mass is 623 g/mol. The van der Waals surface area contributed by atoms with Crippen LogP contribution in [0.5, 0.6) is 0 Å². The minimum atomic E-state index is -1.93. The third-order valence-corrected chi connectivity index (χ3v) is 8.57. The standard InChI is InChI=1S/C12H10FNO2.2C12H11NO2/c1-6-9-4-16-5-11(15)8-2-7(13)3-10(14-6)12(8)9;2*1-7-9-5-15-6-11(14)8-3-2-4-10(13-7)12(8)9/h2-3,14H,4-5H2,1H3;2*2-4,13H,5-6H2,1H3/i;5D2;. The van der Waals surface area contributed by atoms with Gasteiger partial charge in [-0.1, -0.05) is 24.3 Å². The number of carbonyl (C=O) groups excluding carboxylic acids is 3. The highest BCUT2D eigenvalue weighted by molar-refractivity contribution is 6.11. The second-order valence-electron chi connectivity index (χ2n) is 11.6. The summed E-state index contributed by atoms with van der Waals surface area (Å²) in [6.07, 6.45) is 0. The van der Waals surface area contributed by atoms with E-state index in [-0.39, 0.29) is 37.2 Å². The Morgan fingerprint density at radius 1 is 0.587 bits per heavy atom. The first-order valence-corrected chi connectivity index (χ1v) is 14.9. The Kier molecular flexibility index (Phi) is 7.03. The van der Waals surface area contributed by atoms with Gasteiger partial charge in [0, 0.05) is 83.2 Å². The van der Waals surface area contributed by atoms with Gasteiger partial charge in [0.05, 0.1) is 22.5 Å². The maximum Gasteiger partial charge on any atom is 0.189 e. The van der Waals surface area contributed by atoms with Crippen molar-refractivity contribution in [2.45, 2.75) is 40.5 Å². The zero-order valence-electron chi connectivity index (χ0n) is 27.5. The van der Waals surface area contributed by atoms with E-state index in [1.807, 2.05) is 38.1 Å². The predicted octanol–water partition coefficient (Wildman–Crippen LogP) is 6.71. The number of carbonyl (C=O) groups is 3. The Labute approximate surface area is 265 Å². The van der Waals surface area contributed by atoms with Gasteiger partial charge in [-0.2, -0.15) is 0 Å². The van der Waals surface area contributed by atoms with Gasteiger partial charge in [0.1, 0.15) is 25.6 Å². The molecule has 0 amide bonds. The number of H-pyrrole nitrogens is 3. The highest BCUT2D eigenvalue weighted by atomic mass is 19.1. The van der Waals surface area contributed by atoms with Crippen LogP contribution < -0.4 is 0 Å². The molecular formula is C36H32FN3O6. The second kappa shape index (κ2) is 11.8. The van der Waals surface area contributed by atoms with E-state index in [1.54, 1.807) is 19.1 Å². The van der Waals surface area contributed by atoms with Gasteiger partial charge in [-0.15, -0.1) is 0 Å².